The monoisotopic (exact) mass is 334 g/mol. The summed E-state index contributed by atoms with van der Waals surface area (Å²) in [4.78, 5) is 9.30. The number of aromatic nitrogens is 6. The van der Waals surface area contributed by atoms with Gasteiger partial charge >= 0.3 is 0 Å². The Morgan fingerprint density at radius 2 is 2.08 bits per heavy atom. The number of likely N-dealkylation sites (N-methyl/N-ethyl adjacent to an activating group) is 1. The van der Waals surface area contributed by atoms with Gasteiger partial charge in [-0.05, 0) is 31.3 Å². The van der Waals surface area contributed by atoms with Crippen LogP contribution in [0.5, 0.6) is 0 Å². The van der Waals surface area contributed by atoms with Crippen molar-refractivity contribution in [1.29, 1.82) is 0 Å². The molecule has 8 heteroatoms. The molecule has 0 N–H and O–H groups in total. The van der Waals surface area contributed by atoms with Crippen molar-refractivity contribution in [3.8, 4) is 0 Å². The Hall–Kier alpha value is -3.00. The molecule has 25 heavy (non-hydrogen) atoms. The third-order valence-electron chi connectivity index (χ3n) is 4.78. The molecule has 0 bridgehead atoms. The zero-order valence-corrected chi connectivity index (χ0v) is 13.9. The average molecular weight is 334 g/mol. The Kier molecular flexibility index (Phi) is 3.17. The molecule has 0 saturated carbocycles. The number of fused-ring (bicyclic) bond motifs is 2. The van der Waals surface area contributed by atoms with Gasteiger partial charge in [0.15, 0.2) is 5.65 Å². The van der Waals surface area contributed by atoms with Crippen LogP contribution < -0.4 is 4.90 Å². The van der Waals surface area contributed by atoms with Crippen LogP contribution in [-0.2, 0) is 6.54 Å². The van der Waals surface area contributed by atoms with E-state index in [9.17, 15) is 0 Å². The lowest BCUT2D eigenvalue weighted by Gasteiger charge is -2.44. The third-order valence-corrected chi connectivity index (χ3v) is 4.78. The molecule has 0 unspecified atom stereocenters. The van der Waals surface area contributed by atoms with Crippen molar-refractivity contribution >= 4 is 17.1 Å². The van der Waals surface area contributed by atoms with Gasteiger partial charge in [0.1, 0.15) is 17.8 Å². The van der Waals surface area contributed by atoms with Gasteiger partial charge in [-0.2, -0.15) is 4.52 Å². The second-order valence-electron chi connectivity index (χ2n) is 6.50. The van der Waals surface area contributed by atoms with E-state index in [1.54, 1.807) is 10.8 Å². The summed E-state index contributed by atoms with van der Waals surface area (Å²) in [6.45, 7) is 2.77. The van der Waals surface area contributed by atoms with Gasteiger partial charge in [-0.15, -0.1) is 15.3 Å². The van der Waals surface area contributed by atoms with Crippen LogP contribution in [0, 0.1) is 0 Å². The van der Waals surface area contributed by atoms with Gasteiger partial charge in [-0.1, -0.05) is 6.07 Å². The summed E-state index contributed by atoms with van der Waals surface area (Å²) in [6, 6.07) is 10.5. The maximum atomic E-state index is 4.68. The Morgan fingerprint density at radius 3 is 2.96 bits per heavy atom. The van der Waals surface area contributed by atoms with Crippen molar-refractivity contribution in [3.05, 3.63) is 54.7 Å². The number of imidazole rings is 1. The number of pyridine rings is 1. The highest BCUT2D eigenvalue weighted by Gasteiger charge is 2.31. The molecular weight excluding hydrogens is 316 g/mol. The zero-order valence-electron chi connectivity index (χ0n) is 13.9. The van der Waals surface area contributed by atoms with Gasteiger partial charge in [0, 0.05) is 38.1 Å². The Labute approximate surface area is 144 Å². The van der Waals surface area contributed by atoms with E-state index in [2.05, 4.69) is 47.7 Å². The molecule has 0 radical (unpaired) electrons. The van der Waals surface area contributed by atoms with E-state index in [-0.39, 0.29) is 0 Å². The minimum atomic E-state index is 0.503. The number of hydrogen-bond acceptors (Lipinski definition) is 6. The highest BCUT2D eigenvalue weighted by molar-refractivity contribution is 5.47. The lowest BCUT2D eigenvalue weighted by atomic mass is 10.1. The van der Waals surface area contributed by atoms with E-state index >= 15 is 0 Å². The number of rotatable bonds is 4. The van der Waals surface area contributed by atoms with E-state index < -0.39 is 0 Å². The predicted octanol–water partition coefficient (Wildman–Crippen LogP) is 1.09. The molecule has 8 nitrogen and oxygen atoms in total. The van der Waals surface area contributed by atoms with E-state index in [0.717, 1.165) is 42.4 Å². The summed E-state index contributed by atoms with van der Waals surface area (Å²) in [5.74, 6) is 0.963. The second kappa shape index (κ2) is 5.52. The number of nitrogens with zero attached hydrogens (tertiary/aromatic N) is 8. The van der Waals surface area contributed by atoms with E-state index in [0.29, 0.717) is 6.04 Å². The quantitative estimate of drug-likeness (QED) is 0.557. The van der Waals surface area contributed by atoms with Crippen LogP contribution in [0.3, 0.4) is 0 Å². The van der Waals surface area contributed by atoms with E-state index in [1.165, 1.54) is 0 Å². The summed E-state index contributed by atoms with van der Waals surface area (Å²) in [7, 11) is 2.16. The molecule has 1 saturated heterocycles. The molecule has 5 heterocycles. The SMILES string of the molecule is CN(Cc1cn2ccccc2n1)C1CN(c2ccc3nncn3n2)C1. The summed E-state index contributed by atoms with van der Waals surface area (Å²) < 4.78 is 3.78. The Balaban J connectivity index is 1.24. The first-order chi connectivity index (χ1) is 12.3. The van der Waals surface area contributed by atoms with Crippen LogP contribution in [0.4, 0.5) is 5.82 Å². The second-order valence-corrected chi connectivity index (χ2v) is 6.50. The number of hydrogen-bond donors (Lipinski definition) is 0. The van der Waals surface area contributed by atoms with E-state index in [1.807, 2.05) is 36.5 Å². The van der Waals surface area contributed by atoms with Crippen LogP contribution in [0.2, 0.25) is 0 Å². The van der Waals surface area contributed by atoms with Gasteiger partial charge in [-0.25, -0.2) is 4.98 Å². The van der Waals surface area contributed by atoms with Gasteiger partial charge in [-0.3, -0.25) is 4.90 Å². The highest BCUT2D eigenvalue weighted by atomic mass is 15.4. The molecule has 0 aliphatic carbocycles. The molecule has 1 fully saturated rings. The molecule has 0 atom stereocenters. The lowest BCUT2D eigenvalue weighted by Crippen LogP contribution is -2.58. The summed E-state index contributed by atoms with van der Waals surface area (Å²) in [5, 5.41) is 12.4. The third kappa shape index (κ3) is 2.51. The minimum Gasteiger partial charge on any atom is -0.352 e. The molecule has 1 aliphatic rings. The van der Waals surface area contributed by atoms with Gasteiger partial charge in [0.2, 0.25) is 0 Å². The molecule has 0 spiro atoms. The van der Waals surface area contributed by atoms with Crippen LogP contribution >= 0.6 is 0 Å². The summed E-state index contributed by atoms with van der Waals surface area (Å²) in [5.41, 5.74) is 2.86. The fraction of sp³-hybridized carbons (Fsp3) is 0.294. The van der Waals surface area contributed by atoms with Crippen LogP contribution in [0.25, 0.3) is 11.3 Å². The molecular formula is C17H18N8. The van der Waals surface area contributed by atoms with Crippen molar-refractivity contribution in [3.63, 3.8) is 0 Å². The van der Waals surface area contributed by atoms with Crippen molar-refractivity contribution in [2.45, 2.75) is 12.6 Å². The van der Waals surface area contributed by atoms with Crippen molar-refractivity contribution in [2.75, 3.05) is 25.0 Å². The molecule has 0 amide bonds. The Bertz CT molecular complexity index is 996. The summed E-state index contributed by atoms with van der Waals surface area (Å²) >= 11 is 0. The normalized spacial score (nSPS) is 15.4. The first-order valence-corrected chi connectivity index (χ1v) is 8.31. The van der Waals surface area contributed by atoms with Crippen molar-refractivity contribution in [1.82, 2.24) is 34.1 Å². The summed E-state index contributed by atoms with van der Waals surface area (Å²) in [6.07, 6.45) is 5.76. The predicted molar refractivity (Wildman–Crippen MR) is 93.4 cm³/mol. The average Bonchev–Trinajstić information content (AvgIpc) is 3.18. The first-order valence-electron chi connectivity index (χ1n) is 8.31. The zero-order chi connectivity index (χ0) is 16.8. The molecule has 126 valence electrons. The highest BCUT2D eigenvalue weighted by Crippen LogP contribution is 2.22. The largest absolute Gasteiger partial charge is 0.352 e. The topological polar surface area (TPSA) is 66.9 Å². The van der Waals surface area contributed by atoms with Crippen molar-refractivity contribution < 1.29 is 0 Å². The Morgan fingerprint density at radius 1 is 1.16 bits per heavy atom. The molecule has 5 rings (SSSR count). The van der Waals surface area contributed by atoms with Crippen molar-refractivity contribution in [2.24, 2.45) is 0 Å². The maximum absolute atomic E-state index is 4.68. The standard InChI is InChI=1S/C17H18N8/c1-22(8-13-9-23-7-3-2-4-15(23)19-13)14-10-24(11-14)17-6-5-16-20-18-12-25(16)21-17/h2-7,9,12,14H,8,10-11H2,1H3. The minimum absolute atomic E-state index is 0.503. The molecule has 4 aromatic rings. The number of anilines is 1. The van der Waals surface area contributed by atoms with E-state index in [4.69, 9.17) is 0 Å². The van der Waals surface area contributed by atoms with Gasteiger partial charge in [0.05, 0.1) is 5.69 Å². The van der Waals surface area contributed by atoms with Crippen LogP contribution in [0.1, 0.15) is 5.69 Å². The molecule has 0 aromatic carbocycles. The van der Waals surface area contributed by atoms with Gasteiger partial charge in [0.25, 0.3) is 0 Å². The molecule has 1 aliphatic heterocycles. The van der Waals surface area contributed by atoms with Crippen LogP contribution in [-0.4, -0.2) is 60.3 Å². The fourth-order valence-electron chi connectivity index (χ4n) is 3.26. The molecule has 4 aromatic heterocycles. The maximum Gasteiger partial charge on any atom is 0.177 e. The van der Waals surface area contributed by atoms with Crippen LogP contribution in [0.15, 0.2) is 49.1 Å². The lowest BCUT2D eigenvalue weighted by molar-refractivity contribution is 0.195. The first kappa shape index (κ1) is 14.4. The smallest absolute Gasteiger partial charge is 0.177 e. The van der Waals surface area contributed by atoms with Gasteiger partial charge < -0.3 is 9.30 Å². The fourth-order valence-corrected chi connectivity index (χ4v) is 3.26.